The third-order valence-corrected chi connectivity index (χ3v) is 2.87. The molecule has 0 amide bonds. The van der Waals surface area contributed by atoms with Crippen molar-refractivity contribution in [3.8, 4) is 0 Å². The fourth-order valence-electron chi connectivity index (χ4n) is 1.61. The molecule has 17 heavy (non-hydrogen) atoms. The fourth-order valence-corrected chi connectivity index (χ4v) is 1.61. The van der Waals surface area contributed by atoms with Crippen LogP contribution >= 0.6 is 0 Å². The minimum absolute atomic E-state index is 0.250. The van der Waals surface area contributed by atoms with Gasteiger partial charge in [0.05, 0.1) is 12.2 Å². The first-order valence-electron chi connectivity index (χ1n) is 6.64. The summed E-state index contributed by atoms with van der Waals surface area (Å²) in [5, 5.41) is 35.8. The number of aliphatic hydroxyl groups is 4. The lowest BCUT2D eigenvalue weighted by molar-refractivity contribution is -0.102. The highest BCUT2D eigenvalue weighted by Gasteiger charge is 2.32. The molecule has 2 unspecified atom stereocenters. The van der Waals surface area contributed by atoms with Crippen LogP contribution in [0.2, 0.25) is 0 Å². The standard InChI is InChI=1S/C11H24O3.C2H6O/c1-3-5-6-7-8-11(14,4-2)10(13)9-12;1-2-3/h10,12-14H,3-9H2,1-2H3;3H,2H2,1H3. The van der Waals surface area contributed by atoms with Crippen LogP contribution in [0.5, 0.6) is 0 Å². The fraction of sp³-hybridized carbons (Fsp3) is 1.00. The normalized spacial score (nSPS) is 15.7. The zero-order valence-electron chi connectivity index (χ0n) is 11.5. The molecule has 0 saturated heterocycles. The van der Waals surface area contributed by atoms with Gasteiger partial charge in [-0.3, -0.25) is 0 Å². The van der Waals surface area contributed by atoms with Crippen molar-refractivity contribution in [3.05, 3.63) is 0 Å². The van der Waals surface area contributed by atoms with Crippen LogP contribution in [0.25, 0.3) is 0 Å². The second-order valence-electron chi connectivity index (χ2n) is 4.28. The largest absolute Gasteiger partial charge is 0.397 e. The molecule has 106 valence electrons. The predicted molar refractivity (Wildman–Crippen MR) is 69.9 cm³/mol. The van der Waals surface area contributed by atoms with E-state index in [1.807, 2.05) is 6.92 Å². The molecule has 0 saturated carbocycles. The van der Waals surface area contributed by atoms with Crippen LogP contribution in [0.3, 0.4) is 0 Å². The Balaban J connectivity index is 0. The summed E-state index contributed by atoms with van der Waals surface area (Å²) in [6.45, 7) is 5.53. The van der Waals surface area contributed by atoms with E-state index in [2.05, 4.69) is 6.92 Å². The maximum absolute atomic E-state index is 9.98. The van der Waals surface area contributed by atoms with E-state index in [1.165, 1.54) is 0 Å². The van der Waals surface area contributed by atoms with Crippen molar-refractivity contribution in [2.24, 2.45) is 0 Å². The van der Waals surface area contributed by atoms with Crippen molar-refractivity contribution in [3.63, 3.8) is 0 Å². The quantitative estimate of drug-likeness (QED) is 0.492. The average Bonchev–Trinajstić information content (AvgIpc) is 2.34. The first-order chi connectivity index (χ1) is 8.02. The summed E-state index contributed by atoms with van der Waals surface area (Å²) in [4.78, 5) is 0. The van der Waals surface area contributed by atoms with Crippen molar-refractivity contribution in [2.75, 3.05) is 13.2 Å². The topological polar surface area (TPSA) is 80.9 Å². The summed E-state index contributed by atoms with van der Waals surface area (Å²) in [5.74, 6) is 0. The van der Waals surface area contributed by atoms with Crippen LogP contribution in [-0.2, 0) is 0 Å². The first kappa shape index (κ1) is 19.2. The van der Waals surface area contributed by atoms with Crippen molar-refractivity contribution in [1.29, 1.82) is 0 Å². The van der Waals surface area contributed by atoms with Gasteiger partial charge in [-0.25, -0.2) is 0 Å². The van der Waals surface area contributed by atoms with E-state index in [4.69, 9.17) is 10.2 Å². The number of hydrogen-bond donors (Lipinski definition) is 4. The molecule has 0 aromatic carbocycles. The van der Waals surface area contributed by atoms with Gasteiger partial charge in [-0.05, 0) is 19.8 Å². The van der Waals surface area contributed by atoms with Crippen molar-refractivity contribution in [1.82, 2.24) is 0 Å². The minimum atomic E-state index is -1.09. The maximum atomic E-state index is 9.98. The Kier molecular flexibility index (Phi) is 13.9. The van der Waals surface area contributed by atoms with Crippen molar-refractivity contribution >= 4 is 0 Å². The molecule has 4 nitrogen and oxygen atoms in total. The Morgan fingerprint density at radius 3 is 1.88 bits per heavy atom. The monoisotopic (exact) mass is 250 g/mol. The van der Waals surface area contributed by atoms with E-state index in [1.54, 1.807) is 6.92 Å². The lowest BCUT2D eigenvalue weighted by Gasteiger charge is -2.31. The summed E-state index contributed by atoms with van der Waals surface area (Å²) < 4.78 is 0. The Morgan fingerprint density at radius 1 is 1.00 bits per heavy atom. The van der Waals surface area contributed by atoms with Gasteiger partial charge in [0.25, 0.3) is 0 Å². The predicted octanol–water partition coefficient (Wildman–Crippen LogP) is 1.45. The molecule has 4 heteroatoms. The molecule has 0 rings (SSSR count). The van der Waals surface area contributed by atoms with Crippen LogP contribution in [0.1, 0.15) is 59.3 Å². The maximum Gasteiger partial charge on any atom is 0.106 e. The van der Waals surface area contributed by atoms with Crippen LogP contribution < -0.4 is 0 Å². The van der Waals surface area contributed by atoms with E-state index in [0.717, 1.165) is 25.7 Å². The van der Waals surface area contributed by atoms with Crippen LogP contribution in [0.4, 0.5) is 0 Å². The van der Waals surface area contributed by atoms with E-state index in [9.17, 15) is 10.2 Å². The Hall–Kier alpha value is -0.160. The lowest BCUT2D eigenvalue weighted by atomic mass is 9.88. The molecule has 0 aromatic heterocycles. The van der Waals surface area contributed by atoms with Gasteiger partial charge in [-0.15, -0.1) is 0 Å². The van der Waals surface area contributed by atoms with Gasteiger partial charge in [0, 0.05) is 6.61 Å². The van der Waals surface area contributed by atoms with E-state index >= 15 is 0 Å². The first-order valence-corrected chi connectivity index (χ1v) is 6.64. The van der Waals surface area contributed by atoms with Gasteiger partial charge < -0.3 is 20.4 Å². The third kappa shape index (κ3) is 9.53. The molecule has 0 heterocycles. The highest BCUT2D eigenvalue weighted by molar-refractivity contribution is 4.84. The summed E-state index contributed by atoms with van der Waals surface area (Å²) in [6, 6.07) is 0. The van der Waals surface area contributed by atoms with Crippen LogP contribution in [-0.4, -0.2) is 45.3 Å². The second-order valence-corrected chi connectivity index (χ2v) is 4.28. The van der Waals surface area contributed by atoms with Gasteiger partial charge >= 0.3 is 0 Å². The molecule has 0 bridgehead atoms. The second kappa shape index (κ2) is 12.3. The van der Waals surface area contributed by atoms with Crippen molar-refractivity contribution in [2.45, 2.75) is 71.0 Å². The molecule has 2 atom stereocenters. The Morgan fingerprint density at radius 2 is 1.53 bits per heavy atom. The Bertz CT molecular complexity index is 152. The van der Waals surface area contributed by atoms with E-state index < -0.39 is 11.7 Å². The SMILES string of the molecule is CCCCCCC(O)(CC)C(O)CO.CCO. The molecule has 0 aromatic rings. The average molecular weight is 250 g/mol. The number of hydrogen-bond acceptors (Lipinski definition) is 4. The molecule has 0 radical (unpaired) electrons. The minimum Gasteiger partial charge on any atom is -0.397 e. The summed E-state index contributed by atoms with van der Waals surface area (Å²) in [5.41, 5.74) is -1.09. The molecule has 4 N–H and O–H groups in total. The summed E-state index contributed by atoms with van der Waals surface area (Å²) in [7, 11) is 0. The van der Waals surface area contributed by atoms with E-state index in [0.29, 0.717) is 12.8 Å². The van der Waals surface area contributed by atoms with Gasteiger partial charge in [0.1, 0.15) is 6.10 Å². The molecular weight excluding hydrogens is 220 g/mol. The Labute approximate surface area is 105 Å². The zero-order chi connectivity index (χ0) is 13.7. The highest BCUT2D eigenvalue weighted by Crippen LogP contribution is 2.23. The molecule has 0 aliphatic heterocycles. The number of rotatable bonds is 8. The number of aliphatic hydroxyl groups excluding tert-OH is 3. The van der Waals surface area contributed by atoms with Gasteiger partial charge in [0.15, 0.2) is 0 Å². The smallest absolute Gasteiger partial charge is 0.106 e. The highest BCUT2D eigenvalue weighted by atomic mass is 16.4. The van der Waals surface area contributed by atoms with Crippen molar-refractivity contribution < 1.29 is 20.4 Å². The van der Waals surface area contributed by atoms with Gasteiger partial charge in [-0.1, -0.05) is 39.5 Å². The van der Waals surface area contributed by atoms with Gasteiger partial charge in [-0.2, -0.15) is 0 Å². The van der Waals surface area contributed by atoms with Gasteiger partial charge in [0.2, 0.25) is 0 Å². The molecule has 0 aliphatic carbocycles. The molecule has 0 aliphatic rings. The van der Waals surface area contributed by atoms with Crippen LogP contribution in [0, 0.1) is 0 Å². The summed E-state index contributed by atoms with van der Waals surface area (Å²) >= 11 is 0. The lowest BCUT2D eigenvalue weighted by Crippen LogP contribution is -2.43. The molecular formula is C13H30O4. The van der Waals surface area contributed by atoms with E-state index in [-0.39, 0.29) is 13.2 Å². The number of unbranched alkanes of at least 4 members (excludes halogenated alkanes) is 3. The zero-order valence-corrected chi connectivity index (χ0v) is 11.5. The van der Waals surface area contributed by atoms with Crippen LogP contribution in [0.15, 0.2) is 0 Å². The molecule has 0 spiro atoms. The molecule has 0 fully saturated rings. The third-order valence-electron chi connectivity index (χ3n) is 2.87. The summed E-state index contributed by atoms with van der Waals surface area (Å²) in [6.07, 6.45) is 4.37.